The van der Waals surface area contributed by atoms with E-state index in [2.05, 4.69) is 26.4 Å². The van der Waals surface area contributed by atoms with Crippen molar-refractivity contribution in [3.05, 3.63) is 54.4 Å². The number of carbonyl (C=O) groups is 1. The van der Waals surface area contributed by atoms with Crippen molar-refractivity contribution >= 4 is 16.9 Å². The fraction of sp³-hybridized carbons (Fsp3) is 0.368. The zero-order valence-corrected chi connectivity index (χ0v) is 14.3. The lowest BCUT2D eigenvalue weighted by atomic mass is 10.0. The molecule has 2 aromatic heterocycles. The van der Waals surface area contributed by atoms with Crippen LogP contribution in [0.15, 0.2) is 42.9 Å². The molecule has 0 spiro atoms. The molecule has 6 heteroatoms. The van der Waals surface area contributed by atoms with Crippen LogP contribution in [0.1, 0.15) is 42.1 Å². The first-order chi connectivity index (χ1) is 12.3. The Balaban J connectivity index is 1.56. The van der Waals surface area contributed by atoms with Gasteiger partial charge in [0.2, 0.25) is 0 Å². The van der Waals surface area contributed by atoms with E-state index in [0.29, 0.717) is 12.2 Å². The van der Waals surface area contributed by atoms with Crippen LogP contribution in [-0.2, 0) is 6.42 Å². The summed E-state index contributed by atoms with van der Waals surface area (Å²) < 4.78 is 2.21. The number of aromatic nitrogens is 4. The lowest BCUT2D eigenvalue weighted by molar-refractivity contribution is 0.0672. The molecule has 0 N–H and O–H groups in total. The lowest BCUT2D eigenvalue weighted by Crippen LogP contribution is -2.41. The van der Waals surface area contributed by atoms with E-state index in [-0.39, 0.29) is 11.9 Å². The number of hydrogen-bond acceptors (Lipinski definition) is 4. The Morgan fingerprint density at radius 1 is 1.24 bits per heavy atom. The normalized spacial score (nSPS) is 17.8. The summed E-state index contributed by atoms with van der Waals surface area (Å²) in [7, 11) is 0. The third-order valence-electron chi connectivity index (χ3n) is 4.81. The summed E-state index contributed by atoms with van der Waals surface area (Å²) in [6, 6.07) is 7.90. The van der Waals surface area contributed by atoms with Gasteiger partial charge in [0.1, 0.15) is 11.5 Å². The highest BCUT2D eigenvalue weighted by Gasteiger charge is 2.27. The largest absolute Gasteiger partial charge is 0.335 e. The molecule has 25 heavy (non-hydrogen) atoms. The minimum absolute atomic E-state index is 0.0406. The van der Waals surface area contributed by atoms with Gasteiger partial charge in [-0.05, 0) is 25.0 Å². The second-order valence-electron chi connectivity index (χ2n) is 6.40. The molecule has 0 radical (unpaired) electrons. The van der Waals surface area contributed by atoms with Crippen LogP contribution < -0.4 is 0 Å². The van der Waals surface area contributed by atoms with Crippen molar-refractivity contribution in [3.63, 3.8) is 0 Å². The van der Waals surface area contributed by atoms with Gasteiger partial charge in [0.05, 0.1) is 23.3 Å². The van der Waals surface area contributed by atoms with Crippen molar-refractivity contribution in [2.75, 3.05) is 13.1 Å². The lowest BCUT2D eigenvalue weighted by Gasteiger charge is -2.33. The van der Waals surface area contributed by atoms with Gasteiger partial charge in [-0.2, -0.15) is 0 Å². The van der Waals surface area contributed by atoms with Gasteiger partial charge in [0, 0.05) is 31.9 Å². The zero-order chi connectivity index (χ0) is 17.2. The number of aryl methyl sites for hydroxylation is 1. The molecule has 1 amide bonds. The van der Waals surface area contributed by atoms with Crippen molar-refractivity contribution < 1.29 is 4.79 Å². The number of carbonyl (C=O) groups excluding carboxylic acids is 1. The number of likely N-dealkylation sites (tertiary alicyclic amines) is 1. The van der Waals surface area contributed by atoms with Crippen LogP contribution in [0.3, 0.4) is 0 Å². The molecule has 4 rings (SSSR count). The number of imidazole rings is 1. The van der Waals surface area contributed by atoms with E-state index in [4.69, 9.17) is 0 Å². The summed E-state index contributed by atoms with van der Waals surface area (Å²) in [5.41, 5.74) is 1.98. The number of benzene rings is 1. The maximum absolute atomic E-state index is 12.9. The standard InChI is InChI=1S/C19H21N5O/c1-2-18-20-9-11-24(18)14-6-5-10-23(13-14)19(25)17-12-21-15-7-3-4-8-16(15)22-17/h3-4,7-9,11-12,14H,2,5-6,10,13H2,1H3. The second kappa shape index (κ2) is 6.63. The molecule has 0 aliphatic carbocycles. The van der Waals surface area contributed by atoms with Gasteiger partial charge in [-0.25, -0.2) is 9.97 Å². The molecule has 1 fully saturated rings. The number of nitrogens with zero attached hydrogens (tertiary/aromatic N) is 5. The molecule has 1 unspecified atom stereocenters. The summed E-state index contributed by atoms with van der Waals surface area (Å²) in [5.74, 6) is 1.03. The molecule has 3 aromatic rings. The van der Waals surface area contributed by atoms with E-state index in [1.54, 1.807) is 6.20 Å². The molecule has 1 saturated heterocycles. The highest BCUT2D eigenvalue weighted by molar-refractivity contribution is 5.93. The second-order valence-corrected chi connectivity index (χ2v) is 6.40. The van der Waals surface area contributed by atoms with E-state index >= 15 is 0 Å². The van der Waals surface area contributed by atoms with Crippen molar-refractivity contribution in [3.8, 4) is 0 Å². The molecular formula is C19H21N5O. The third-order valence-corrected chi connectivity index (χ3v) is 4.81. The number of fused-ring (bicyclic) bond motifs is 1. The van der Waals surface area contributed by atoms with Crippen molar-refractivity contribution in [2.24, 2.45) is 0 Å². The van der Waals surface area contributed by atoms with Crippen LogP contribution >= 0.6 is 0 Å². The van der Waals surface area contributed by atoms with Gasteiger partial charge in [-0.15, -0.1) is 0 Å². The van der Waals surface area contributed by atoms with E-state index in [1.165, 1.54) is 0 Å². The van der Waals surface area contributed by atoms with Gasteiger partial charge in [-0.1, -0.05) is 19.1 Å². The van der Waals surface area contributed by atoms with E-state index < -0.39 is 0 Å². The van der Waals surface area contributed by atoms with Crippen molar-refractivity contribution in [1.82, 2.24) is 24.4 Å². The van der Waals surface area contributed by atoms with Crippen LogP contribution in [-0.4, -0.2) is 43.4 Å². The van der Waals surface area contributed by atoms with E-state index in [9.17, 15) is 4.79 Å². The highest BCUT2D eigenvalue weighted by Crippen LogP contribution is 2.24. The van der Waals surface area contributed by atoms with Gasteiger partial charge >= 0.3 is 0 Å². The number of amides is 1. The fourth-order valence-electron chi connectivity index (χ4n) is 3.54. The Labute approximate surface area is 146 Å². The molecule has 6 nitrogen and oxygen atoms in total. The molecule has 1 aliphatic heterocycles. The third kappa shape index (κ3) is 2.99. The maximum Gasteiger partial charge on any atom is 0.274 e. The Morgan fingerprint density at radius 3 is 2.92 bits per heavy atom. The first-order valence-electron chi connectivity index (χ1n) is 8.79. The molecule has 3 heterocycles. The summed E-state index contributed by atoms with van der Waals surface area (Å²) >= 11 is 0. The quantitative estimate of drug-likeness (QED) is 0.738. The van der Waals surface area contributed by atoms with Gasteiger partial charge in [-0.3, -0.25) is 9.78 Å². The van der Waals surface area contributed by atoms with Crippen molar-refractivity contribution in [1.29, 1.82) is 0 Å². The Morgan fingerprint density at radius 2 is 2.08 bits per heavy atom. The smallest absolute Gasteiger partial charge is 0.274 e. The maximum atomic E-state index is 12.9. The Kier molecular flexibility index (Phi) is 4.17. The predicted octanol–water partition coefficient (Wildman–Crippen LogP) is 2.87. The van der Waals surface area contributed by atoms with Crippen LogP contribution in [0, 0.1) is 0 Å². The summed E-state index contributed by atoms with van der Waals surface area (Å²) in [4.78, 5) is 28.1. The topological polar surface area (TPSA) is 63.9 Å². The van der Waals surface area contributed by atoms with Crippen molar-refractivity contribution in [2.45, 2.75) is 32.2 Å². The van der Waals surface area contributed by atoms with Crippen LogP contribution in [0.2, 0.25) is 0 Å². The Hall–Kier alpha value is -2.76. The first-order valence-corrected chi connectivity index (χ1v) is 8.79. The van der Waals surface area contributed by atoms with Crippen LogP contribution in [0.5, 0.6) is 0 Å². The predicted molar refractivity (Wildman–Crippen MR) is 95.3 cm³/mol. The van der Waals surface area contributed by atoms with E-state index in [0.717, 1.165) is 42.7 Å². The van der Waals surface area contributed by atoms with Crippen LogP contribution in [0.4, 0.5) is 0 Å². The fourth-order valence-corrected chi connectivity index (χ4v) is 3.54. The zero-order valence-electron chi connectivity index (χ0n) is 14.3. The molecule has 128 valence electrons. The minimum atomic E-state index is -0.0406. The van der Waals surface area contributed by atoms with Gasteiger partial charge < -0.3 is 9.47 Å². The molecule has 0 saturated carbocycles. The van der Waals surface area contributed by atoms with Gasteiger partial charge in [0.15, 0.2) is 0 Å². The van der Waals surface area contributed by atoms with Gasteiger partial charge in [0.25, 0.3) is 5.91 Å². The summed E-state index contributed by atoms with van der Waals surface area (Å²) in [5, 5.41) is 0. The molecular weight excluding hydrogens is 314 g/mol. The average Bonchev–Trinajstić information content (AvgIpc) is 3.16. The van der Waals surface area contributed by atoms with Crippen LogP contribution in [0.25, 0.3) is 11.0 Å². The number of hydrogen-bond donors (Lipinski definition) is 0. The molecule has 1 aliphatic rings. The summed E-state index contributed by atoms with van der Waals surface area (Å²) in [6.45, 7) is 3.56. The number of piperidine rings is 1. The summed E-state index contributed by atoms with van der Waals surface area (Å²) in [6.07, 6.45) is 8.40. The Bertz CT molecular complexity index is 903. The number of rotatable bonds is 3. The molecule has 0 bridgehead atoms. The highest BCUT2D eigenvalue weighted by atomic mass is 16.2. The van der Waals surface area contributed by atoms with E-state index in [1.807, 2.05) is 41.6 Å². The molecule has 1 atom stereocenters. The SMILES string of the molecule is CCc1nccn1C1CCCN(C(=O)c2cnc3ccccc3n2)C1. The monoisotopic (exact) mass is 335 g/mol. The minimum Gasteiger partial charge on any atom is -0.335 e. The molecule has 1 aromatic carbocycles. The number of para-hydroxylation sites is 2. The average molecular weight is 335 g/mol. The first kappa shape index (κ1) is 15.7.